The first-order valence-electron chi connectivity index (χ1n) is 12.0. The summed E-state index contributed by atoms with van der Waals surface area (Å²) in [5.41, 5.74) is 2.50. The second kappa shape index (κ2) is 10.2. The first-order chi connectivity index (χ1) is 17.8. The van der Waals surface area contributed by atoms with Crippen LogP contribution in [0.4, 0.5) is 10.1 Å². The minimum absolute atomic E-state index is 0.0582. The quantitative estimate of drug-likeness (QED) is 0.412. The van der Waals surface area contributed by atoms with E-state index in [4.69, 9.17) is 11.6 Å². The standard InChI is InChI=1S/C26H25ClFN7O2/c1-15-5-3-4-6-21(35-14-31-19(12-22(35)36)24-23(28)17(27)8-10-30-24)18-11-16(7-9-29-18)25-20(33-26(15)37)13-32-34(25)2/h7-15,21H,3-6H2,1-2H3,(H,33,37)/t15-,21+/m1/s1. The van der Waals surface area contributed by atoms with Gasteiger partial charge in [0.15, 0.2) is 5.82 Å². The number of hydrogen-bond donors (Lipinski definition) is 1. The van der Waals surface area contributed by atoms with Crippen LogP contribution >= 0.6 is 11.6 Å². The summed E-state index contributed by atoms with van der Waals surface area (Å²) >= 11 is 5.89. The predicted molar refractivity (Wildman–Crippen MR) is 138 cm³/mol. The Hall–Kier alpha value is -3.92. The van der Waals surface area contributed by atoms with Crippen molar-refractivity contribution in [3.05, 3.63) is 76.1 Å². The smallest absolute Gasteiger partial charge is 0.254 e. The summed E-state index contributed by atoms with van der Waals surface area (Å²) in [6.45, 7) is 1.90. The number of anilines is 1. The second-order valence-corrected chi connectivity index (χ2v) is 9.57. The highest BCUT2D eigenvalue weighted by Crippen LogP contribution is 2.32. The molecule has 0 fully saturated rings. The first-order valence-corrected chi connectivity index (χ1v) is 12.4. The largest absolute Gasteiger partial charge is 0.323 e. The van der Waals surface area contributed by atoms with Gasteiger partial charge in [0, 0.05) is 37.0 Å². The van der Waals surface area contributed by atoms with Crippen LogP contribution in [-0.4, -0.2) is 35.2 Å². The maximum Gasteiger partial charge on any atom is 0.254 e. The van der Waals surface area contributed by atoms with Crippen LogP contribution < -0.4 is 10.9 Å². The number of carbonyl (C=O) groups excluding carboxylic acids is 1. The Balaban J connectivity index is 1.59. The minimum atomic E-state index is -0.727. The van der Waals surface area contributed by atoms with Gasteiger partial charge in [0.25, 0.3) is 5.56 Å². The lowest BCUT2D eigenvalue weighted by Crippen LogP contribution is -2.26. The summed E-state index contributed by atoms with van der Waals surface area (Å²) in [6.07, 6.45) is 8.94. The molecule has 4 aromatic rings. The third kappa shape index (κ3) is 4.89. The first kappa shape index (κ1) is 24.8. The van der Waals surface area contributed by atoms with Crippen LogP contribution in [0.3, 0.4) is 0 Å². The van der Waals surface area contributed by atoms with Gasteiger partial charge in [-0.3, -0.25) is 28.8 Å². The Bertz CT molecular complexity index is 1530. The molecule has 0 saturated carbocycles. The maximum absolute atomic E-state index is 14.5. The molecule has 5 heterocycles. The van der Waals surface area contributed by atoms with Gasteiger partial charge in [0.05, 0.1) is 46.4 Å². The molecular formula is C26H25ClFN7O2. The molecule has 5 rings (SSSR count). The highest BCUT2D eigenvalue weighted by Gasteiger charge is 2.23. The number of nitrogens with one attached hydrogen (secondary N) is 1. The number of halogens is 2. The average Bonchev–Trinajstić information content (AvgIpc) is 3.25. The van der Waals surface area contributed by atoms with E-state index in [2.05, 4.69) is 25.4 Å². The van der Waals surface area contributed by atoms with E-state index in [-0.39, 0.29) is 33.8 Å². The van der Waals surface area contributed by atoms with Gasteiger partial charge >= 0.3 is 0 Å². The summed E-state index contributed by atoms with van der Waals surface area (Å²) in [7, 11) is 1.81. The zero-order valence-corrected chi connectivity index (χ0v) is 21.1. The van der Waals surface area contributed by atoms with Crippen molar-refractivity contribution in [2.75, 3.05) is 5.32 Å². The van der Waals surface area contributed by atoms with E-state index in [0.717, 1.165) is 24.1 Å². The third-order valence-corrected chi connectivity index (χ3v) is 6.95. The minimum Gasteiger partial charge on any atom is -0.323 e. The van der Waals surface area contributed by atoms with Crippen LogP contribution in [0, 0.1) is 11.7 Å². The molecule has 2 atom stereocenters. The van der Waals surface area contributed by atoms with Crippen molar-refractivity contribution in [3.8, 4) is 22.6 Å². The number of rotatable bonds is 2. The molecule has 1 aliphatic heterocycles. The normalized spacial score (nSPS) is 18.2. The molecule has 0 aliphatic carbocycles. The molecule has 190 valence electrons. The molecular weight excluding hydrogens is 497 g/mol. The number of carbonyl (C=O) groups is 1. The lowest BCUT2D eigenvalue weighted by molar-refractivity contribution is -0.119. The highest BCUT2D eigenvalue weighted by atomic mass is 35.5. The van der Waals surface area contributed by atoms with Crippen molar-refractivity contribution in [1.82, 2.24) is 29.3 Å². The van der Waals surface area contributed by atoms with Crippen LogP contribution in [-0.2, 0) is 11.8 Å². The summed E-state index contributed by atoms with van der Waals surface area (Å²) in [6, 6.07) is 5.93. The Morgan fingerprint density at radius 3 is 2.68 bits per heavy atom. The fourth-order valence-corrected chi connectivity index (χ4v) is 4.77. The number of pyridine rings is 2. The molecule has 1 amide bonds. The number of nitrogens with zero attached hydrogens (tertiary/aromatic N) is 6. The Morgan fingerprint density at radius 1 is 1.08 bits per heavy atom. The van der Waals surface area contributed by atoms with Gasteiger partial charge in [-0.1, -0.05) is 31.4 Å². The molecule has 2 bridgehead atoms. The molecule has 1 aliphatic rings. The van der Waals surface area contributed by atoms with Gasteiger partial charge in [-0.15, -0.1) is 0 Å². The fourth-order valence-electron chi connectivity index (χ4n) is 4.63. The van der Waals surface area contributed by atoms with Gasteiger partial charge < -0.3 is 5.32 Å². The van der Waals surface area contributed by atoms with Crippen LogP contribution in [0.5, 0.6) is 0 Å². The average molecular weight is 522 g/mol. The fraction of sp³-hybridized carbons (Fsp3) is 0.308. The molecule has 0 saturated heterocycles. The zero-order valence-electron chi connectivity index (χ0n) is 20.4. The number of hydrogen-bond acceptors (Lipinski definition) is 6. The summed E-state index contributed by atoms with van der Waals surface area (Å²) < 4.78 is 17.7. The van der Waals surface area contributed by atoms with Gasteiger partial charge in [-0.2, -0.15) is 5.10 Å². The molecule has 37 heavy (non-hydrogen) atoms. The van der Waals surface area contributed by atoms with E-state index in [9.17, 15) is 14.0 Å². The SMILES string of the molecule is C[C@@H]1CCCC[C@H](n2cnc(-c3nccc(Cl)c3F)cc2=O)c2cc(ccn2)-c2c(cnn2C)NC1=O. The number of amides is 1. The van der Waals surface area contributed by atoms with E-state index < -0.39 is 11.9 Å². The van der Waals surface area contributed by atoms with E-state index >= 15 is 0 Å². The number of aromatic nitrogens is 6. The molecule has 4 aromatic heterocycles. The molecule has 9 nitrogen and oxygen atoms in total. The van der Waals surface area contributed by atoms with Gasteiger partial charge in [-0.25, -0.2) is 9.37 Å². The second-order valence-electron chi connectivity index (χ2n) is 9.17. The topological polar surface area (TPSA) is 108 Å². The van der Waals surface area contributed by atoms with Gasteiger partial charge in [0.1, 0.15) is 5.69 Å². The Labute approximate surface area is 217 Å². The van der Waals surface area contributed by atoms with E-state index in [1.165, 1.54) is 29.2 Å². The van der Waals surface area contributed by atoms with Crippen molar-refractivity contribution >= 4 is 23.2 Å². The van der Waals surface area contributed by atoms with E-state index in [1.54, 1.807) is 24.1 Å². The number of fused-ring (bicyclic) bond motifs is 4. The summed E-state index contributed by atoms with van der Waals surface area (Å²) in [5.74, 6) is -0.969. The van der Waals surface area contributed by atoms with Crippen molar-refractivity contribution in [2.24, 2.45) is 13.0 Å². The summed E-state index contributed by atoms with van der Waals surface area (Å²) in [5, 5.41) is 7.25. The lowest BCUT2D eigenvalue weighted by Gasteiger charge is -2.20. The predicted octanol–water partition coefficient (Wildman–Crippen LogP) is 4.63. The van der Waals surface area contributed by atoms with E-state index in [0.29, 0.717) is 24.2 Å². The Kier molecular flexibility index (Phi) is 6.84. The lowest BCUT2D eigenvalue weighted by atomic mass is 9.99. The van der Waals surface area contributed by atoms with Crippen LogP contribution in [0.2, 0.25) is 5.02 Å². The van der Waals surface area contributed by atoms with Crippen LogP contribution in [0.25, 0.3) is 22.6 Å². The Morgan fingerprint density at radius 2 is 1.86 bits per heavy atom. The third-order valence-electron chi connectivity index (χ3n) is 6.66. The molecule has 0 aromatic carbocycles. The molecule has 0 radical (unpaired) electrons. The molecule has 11 heteroatoms. The van der Waals surface area contributed by atoms with Crippen molar-refractivity contribution in [1.29, 1.82) is 0 Å². The summed E-state index contributed by atoms with van der Waals surface area (Å²) in [4.78, 5) is 39.0. The van der Waals surface area contributed by atoms with Crippen LogP contribution in [0.1, 0.15) is 44.3 Å². The van der Waals surface area contributed by atoms with Crippen molar-refractivity contribution in [2.45, 2.75) is 38.6 Å². The van der Waals surface area contributed by atoms with Crippen molar-refractivity contribution in [3.63, 3.8) is 0 Å². The van der Waals surface area contributed by atoms with Crippen molar-refractivity contribution < 1.29 is 9.18 Å². The van der Waals surface area contributed by atoms with Crippen LogP contribution in [0.15, 0.2) is 54.0 Å². The van der Waals surface area contributed by atoms with E-state index in [1.807, 2.05) is 19.1 Å². The highest BCUT2D eigenvalue weighted by molar-refractivity contribution is 6.30. The molecule has 0 unspecified atom stereocenters. The molecule has 0 spiro atoms. The van der Waals surface area contributed by atoms with Gasteiger partial charge in [0.2, 0.25) is 5.91 Å². The monoisotopic (exact) mass is 521 g/mol. The van der Waals surface area contributed by atoms with Gasteiger partial charge in [-0.05, 0) is 31.0 Å². The maximum atomic E-state index is 14.5. The zero-order chi connectivity index (χ0) is 26.1. The number of aryl methyl sites for hydroxylation is 1. The molecule has 1 N–H and O–H groups in total.